The summed E-state index contributed by atoms with van der Waals surface area (Å²) in [5.74, 6) is 0.688. The fraction of sp³-hybridized carbons (Fsp3) is 0.250. The van der Waals surface area contributed by atoms with Crippen LogP contribution in [0.4, 0.5) is 5.00 Å². The molecule has 0 fully saturated rings. The van der Waals surface area contributed by atoms with E-state index in [0.717, 1.165) is 46.6 Å². The van der Waals surface area contributed by atoms with Crippen LogP contribution in [0.2, 0.25) is 0 Å². The molecule has 1 atom stereocenters. The summed E-state index contributed by atoms with van der Waals surface area (Å²) in [6.45, 7) is 2.27. The van der Waals surface area contributed by atoms with E-state index in [0.29, 0.717) is 5.92 Å². The van der Waals surface area contributed by atoms with Crippen molar-refractivity contribution in [3.8, 4) is 17.3 Å². The average molecular weight is 346 g/mol. The second-order valence-corrected chi connectivity index (χ2v) is 7.55. The van der Waals surface area contributed by atoms with Crippen LogP contribution in [0.15, 0.2) is 41.5 Å². The van der Waals surface area contributed by atoms with Gasteiger partial charge >= 0.3 is 0 Å². The molecule has 2 heterocycles. The van der Waals surface area contributed by atoms with E-state index < -0.39 is 0 Å². The number of nitrogens with one attached hydrogen (secondary N) is 1. The predicted molar refractivity (Wildman–Crippen MR) is 102 cm³/mol. The van der Waals surface area contributed by atoms with E-state index in [1.807, 2.05) is 36.5 Å². The zero-order chi connectivity index (χ0) is 17.2. The van der Waals surface area contributed by atoms with E-state index >= 15 is 0 Å². The highest BCUT2D eigenvalue weighted by molar-refractivity contribution is 7.16. The Labute approximate surface area is 150 Å². The van der Waals surface area contributed by atoms with Crippen molar-refractivity contribution in [2.75, 3.05) is 0 Å². The number of aliphatic imine (C=N–C) groups is 1. The maximum absolute atomic E-state index is 9.58. The number of hydrogen-bond donors (Lipinski definition) is 1. The Balaban J connectivity index is 1.68. The molecule has 0 radical (unpaired) electrons. The third kappa shape index (κ3) is 3.01. The molecule has 0 bridgehead atoms. The molecule has 124 valence electrons. The number of aromatic nitrogens is 2. The van der Waals surface area contributed by atoms with Crippen LogP contribution in [0, 0.1) is 17.2 Å². The molecule has 1 aliphatic carbocycles. The van der Waals surface area contributed by atoms with Gasteiger partial charge in [-0.3, -0.25) is 5.10 Å². The lowest BCUT2D eigenvalue weighted by Gasteiger charge is -2.17. The molecule has 0 amide bonds. The first-order valence-corrected chi connectivity index (χ1v) is 9.25. The third-order valence-electron chi connectivity index (χ3n) is 4.66. The zero-order valence-corrected chi connectivity index (χ0v) is 14.8. The molecule has 0 unspecified atom stereocenters. The first kappa shape index (κ1) is 15.8. The standard InChI is InChI=1S/C20H18N4S/c1-13-7-8-16-17(10-21)20(25-18(16)9-13)22-11-15-12-23-24-19(15)14-5-3-2-4-6-14/h2-6,11-13H,7-9H2,1H3,(H,23,24)/t13-/m1/s1. The summed E-state index contributed by atoms with van der Waals surface area (Å²) < 4.78 is 0. The molecule has 0 spiro atoms. The summed E-state index contributed by atoms with van der Waals surface area (Å²) in [4.78, 5) is 5.98. The fourth-order valence-corrected chi connectivity index (χ4v) is 4.61. The van der Waals surface area contributed by atoms with Gasteiger partial charge in [-0.1, -0.05) is 37.3 Å². The molecule has 4 nitrogen and oxygen atoms in total. The molecule has 1 aromatic carbocycles. The first-order valence-electron chi connectivity index (χ1n) is 8.43. The van der Waals surface area contributed by atoms with Crippen molar-refractivity contribution in [1.29, 1.82) is 5.26 Å². The minimum Gasteiger partial charge on any atom is -0.277 e. The number of nitriles is 1. The fourth-order valence-electron chi connectivity index (χ4n) is 3.30. The number of thiophene rings is 1. The quantitative estimate of drug-likeness (QED) is 0.687. The van der Waals surface area contributed by atoms with Crippen molar-refractivity contribution in [3.05, 3.63) is 58.1 Å². The average Bonchev–Trinajstić information content (AvgIpc) is 3.24. The van der Waals surface area contributed by atoms with Crippen LogP contribution in [-0.4, -0.2) is 16.4 Å². The Morgan fingerprint density at radius 3 is 3.00 bits per heavy atom. The van der Waals surface area contributed by atoms with E-state index in [9.17, 15) is 5.26 Å². The van der Waals surface area contributed by atoms with Crippen molar-refractivity contribution in [1.82, 2.24) is 10.2 Å². The Morgan fingerprint density at radius 1 is 1.36 bits per heavy atom. The highest BCUT2D eigenvalue weighted by Crippen LogP contribution is 2.40. The number of hydrogen-bond acceptors (Lipinski definition) is 4. The number of aromatic amines is 1. The predicted octanol–water partition coefficient (Wildman–Crippen LogP) is 4.89. The van der Waals surface area contributed by atoms with Gasteiger partial charge in [0.25, 0.3) is 0 Å². The van der Waals surface area contributed by atoms with Crippen LogP contribution in [0.5, 0.6) is 0 Å². The summed E-state index contributed by atoms with van der Waals surface area (Å²) in [5.41, 5.74) is 4.91. The number of rotatable bonds is 3. The van der Waals surface area contributed by atoms with Crippen molar-refractivity contribution in [3.63, 3.8) is 0 Å². The van der Waals surface area contributed by atoms with Gasteiger partial charge in [-0.15, -0.1) is 11.3 Å². The van der Waals surface area contributed by atoms with Crippen LogP contribution in [-0.2, 0) is 12.8 Å². The largest absolute Gasteiger partial charge is 0.277 e. The zero-order valence-electron chi connectivity index (χ0n) is 14.0. The third-order valence-corrected chi connectivity index (χ3v) is 5.82. The van der Waals surface area contributed by atoms with Crippen LogP contribution in [0.1, 0.15) is 34.9 Å². The highest BCUT2D eigenvalue weighted by Gasteiger charge is 2.23. The van der Waals surface area contributed by atoms with Crippen LogP contribution in [0.3, 0.4) is 0 Å². The molecule has 0 saturated heterocycles. The lowest BCUT2D eigenvalue weighted by Crippen LogP contribution is -2.09. The van der Waals surface area contributed by atoms with Crippen LogP contribution < -0.4 is 0 Å². The minimum absolute atomic E-state index is 0.688. The van der Waals surface area contributed by atoms with E-state index in [4.69, 9.17) is 0 Å². The summed E-state index contributed by atoms with van der Waals surface area (Å²) >= 11 is 1.66. The van der Waals surface area contributed by atoms with Crippen molar-refractivity contribution in [2.45, 2.75) is 26.2 Å². The SMILES string of the molecule is C[C@@H]1CCc2c(sc(N=Cc3cn[nH]c3-c3ccccc3)c2C#N)C1. The molecule has 3 aromatic rings. The Morgan fingerprint density at radius 2 is 2.20 bits per heavy atom. The summed E-state index contributed by atoms with van der Waals surface area (Å²) in [5, 5.41) is 17.6. The molecule has 1 aliphatic rings. The molecule has 4 rings (SSSR count). The van der Waals surface area contributed by atoms with Crippen molar-refractivity contribution < 1.29 is 0 Å². The van der Waals surface area contributed by atoms with Gasteiger partial charge in [0, 0.05) is 22.2 Å². The Kier molecular flexibility index (Phi) is 4.21. The molecule has 25 heavy (non-hydrogen) atoms. The van der Waals surface area contributed by atoms with Gasteiger partial charge in [0.2, 0.25) is 0 Å². The normalized spacial score (nSPS) is 16.7. The molecule has 2 aromatic heterocycles. The van der Waals surface area contributed by atoms with Gasteiger partial charge in [-0.2, -0.15) is 10.4 Å². The molecular formula is C20H18N4S. The van der Waals surface area contributed by atoms with Gasteiger partial charge in [0.15, 0.2) is 0 Å². The van der Waals surface area contributed by atoms with Crippen molar-refractivity contribution in [2.24, 2.45) is 10.9 Å². The smallest absolute Gasteiger partial charge is 0.134 e. The molecule has 0 saturated carbocycles. The van der Waals surface area contributed by atoms with E-state index in [1.54, 1.807) is 17.5 Å². The molecular weight excluding hydrogens is 328 g/mol. The maximum Gasteiger partial charge on any atom is 0.134 e. The summed E-state index contributed by atoms with van der Waals surface area (Å²) in [6.07, 6.45) is 6.79. The molecule has 1 N–H and O–H groups in total. The molecule has 5 heteroatoms. The Hall–Kier alpha value is -2.71. The van der Waals surface area contributed by atoms with Crippen LogP contribution in [0.25, 0.3) is 11.3 Å². The monoisotopic (exact) mass is 346 g/mol. The van der Waals surface area contributed by atoms with Gasteiger partial charge < -0.3 is 0 Å². The van der Waals surface area contributed by atoms with Crippen molar-refractivity contribution >= 4 is 22.6 Å². The first-order chi connectivity index (χ1) is 12.3. The minimum atomic E-state index is 0.688. The number of benzene rings is 1. The topological polar surface area (TPSA) is 64.8 Å². The summed E-state index contributed by atoms with van der Waals surface area (Å²) in [7, 11) is 0. The van der Waals surface area contributed by atoms with E-state index in [1.165, 1.54) is 10.4 Å². The van der Waals surface area contributed by atoms with Gasteiger partial charge in [-0.25, -0.2) is 4.99 Å². The maximum atomic E-state index is 9.58. The lowest BCUT2D eigenvalue weighted by atomic mass is 9.89. The highest BCUT2D eigenvalue weighted by atomic mass is 32.1. The van der Waals surface area contributed by atoms with E-state index in [2.05, 4.69) is 28.2 Å². The second-order valence-electron chi connectivity index (χ2n) is 6.47. The van der Waals surface area contributed by atoms with Gasteiger partial charge in [0.05, 0.1) is 17.5 Å². The lowest BCUT2D eigenvalue weighted by molar-refractivity contribution is 0.507. The van der Waals surface area contributed by atoms with Gasteiger partial charge in [-0.05, 0) is 30.7 Å². The number of nitrogens with zero attached hydrogens (tertiary/aromatic N) is 3. The number of fused-ring (bicyclic) bond motifs is 1. The van der Waals surface area contributed by atoms with Gasteiger partial charge in [0.1, 0.15) is 11.1 Å². The van der Waals surface area contributed by atoms with E-state index in [-0.39, 0.29) is 0 Å². The summed E-state index contributed by atoms with van der Waals surface area (Å²) in [6, 6.07) is 12.4. The Bertz CT molecular complexity index is 959. The molecule has 0 aliphatic heterocycles. The number of H-pyrrole nitrogens is 1. The second kappa shape index (κ2) is 6.66. The van der Waals surface area contributed by atoms with Crippen LogP contribution >= 0.6 is 11.3 Å².